The second-order valence-electron chi connectivity index (χ2n) is 5.13. The minimum Gasteiger partial charge on any atom is -0.262 e. The Hall–Kier alpha value is -2.81. The molecule has 9 heteroatoms. The lowest BCUT2D eigenvalue weighted by Crippen LogP contribution is -2.31. The van der Waals surface area contributed by atoms with E-state index < -0.39 is 26.6 Å². The largest absolute Gasteiger partial charge is 0.273 e. The quantitative estimate of drug-likeness (QED) is 0.444. The first kappa shape index (κ1) is 18.5. The van der Waals surface area contributed by atoms with E-state index in [9.17, 15) is 27.3 Å². The van der Waals surface area contributed by atoms with Gasteiger partial charge in [-0.1, -0.05) is 12.1 Å². The molecule has 0 N–H and O–H groups in total. The van der Waals surface area contributed by atoms with Crippen molar-refractivity contribution in [2.24, 2.45) is 0 Å². The molecule has 0 radical (unpaired) electrons. The molecule has 0 spiro atoms. The Bertz CT molecular complexity index is 945. The van der Waals surface area contributed by atoms with Gasteiger partial charge in [0.25, 0.3) is 15.7 Å². The zero-order valence-electron chi connectivity index (χ0n) is 13.1. The van der Waals surface area contributed by atoms with E-state index in [-0.39, 0.29) is 22.8 Å². The Morgan fingerprint density at radius 1 is 1.20 bits per heavy atom. The van der Waals surface area contributed by atoms with Crippen LogP contribution >= 0.6 is 0 Å². The smallest absolute Gasteiger partial charge is 0.262 e. The molecular formula is C16H14F2N2O4S. The molecule has 2 rings (SSSR count). The van der Waals surface area contributed by atoms with Gasteiger partial charge in [-0.2, -0.15) is 0 Å². The van der Waals surface area contributed by atoms with Crippen molar-refractivity contribution >= 4 is 21.4 Å². The summed E-state index contributed by atoms with van der Waals surface area (Å²) in [5.74, 6) is -2.33. The van der Waals surface area contributed by atoms with E-state index in [0.29, 0.717) is 5.56 Å². The molecule has 132 valence electrons. The van der Waals surface area contributed by atoms with E-state index in [1.54, 1.807) is 0 Å². The van der Waals surface area contributed by atoms with Crippen LogP contribution in [0.15, 0.2) is 53.9 Å². The molecule has 0 bridgehead atoms. The summed E-state index contributed by atoms with van der Waals surface area (Å²) in [5.41, 5.74) is -0.181. The van der Waals surface area contributed by atoms with Gasteiger partial charge in [0.1, 0.15) is 0 Å². The maximum atomic E-state index is 13.5. The highest BCUT2D eigenvalue weighted by Crippen LogP contribution is 2.28. The molecule has 0 aromatic heterocycles. The van der Waals surface area contributed by atoms with Crippen LogP contribution in [-0.4, -0.2) is 19.9 Å². The average molecular weight is 368 g/mol. The number of hydrogen-bond acceptors (Lipinski definition) is 4. The summed E-state index contributed by atoms with van der Waals surface area (Å²) < 4.78 is 53.1. The summed E-state index contributed by atoms with van der Waals surface area (Å²) in [6, 6.07) is 6.09. The van der Waals surface area contributed by atoms with Crippen molar-refractivity contribution in [3.8, 4) is 0 Å². The van der Waals surface area contributed by atoms with E-state index in [2.05, 4.69) is 6.58 Å². The van der Waals surface area contributed by atoms with Crippen molar-refractivity contribution < 1.29 is 22.1 Å². The Kier molecular flexibility index (Phi) is 5.17. The lowest BCUT2D eigenvalue weighted by Gasteiger charge is -2.23. The van der Waals surface area contributed by atoms with E-state index >= 15 is 0 Å². The molecule has 2 aromatic carbocycles. The molecule has 0 aliphatic rings. The van der Waals surface area contributed by atoms with Crippen LogP contribution in [-0.2, 0) is 10.0 Å². The number of halogens is 2. The highest BCUT2D eigenvalue weighted by atomic mass is 32.2. The Morgan fingerprint density at radius 3 is 2.44 bits per heavy atom. The Morgan fingerprint density at radius 2 is 1.88 bits per heavy atom. The average Bonchev–Trinajstić information content (AvgIpc) is 2.55. The number of hydrogen-bond donors (Lipinski definition) is 0. The number of benzene rings is 2. The molecule has 0 saturated carbocycles. The Labute approximate surface area is 143 Å². The van der Waals surface area contributed by atoms with Crippen molar-refractivity contribution in [2.45, 2.75) is 11.8 Å². The topological polar surface area (TPSA) is 80.5 Å². The second-order valence-corrected chi connectivity index (χ2v) is 6.99. The fraction of sp³-hybridized carbons (Fsp3) is 0.125. The number of sulfonamides is 1. The monoisotopic (exact) mass is 368 g/mol. The maximum Gasteiger partial charge on any atom is 0.273 e. The predicted molar refractivity (Wildman–Crippen MR) is 88.9 cm³/mol. The SMILES string of the molecule is C=CCN(c1ccc(F)c(F)c1)S(=O)(=O)c1ccc(C)c([N+](=O)[O-])c1. The number of aryl methyl sites for hydroxylation is 1. The lowest BCUT2D eigenvalue weighted by atomic mass is 10.2. The molecule has 0 atom stereocenters. The van der Waals surface area contributed by atoms with Gasteiger partial charge in [-0.15, -0.1) is 6.58 Å². The van der Waals surface area contributed by atoms with Crippen LogP contribution in [0.5, 0.6) is 0 Å². The summed E-state index contributed by atoms with van der Waals surface area (Å²) >= 11 is 0. The van der Waals surface area contributed by atoms with Crippen LogP contribution < -0.4 is 4.31 Å². The summed E-state index contributed by atoms with van der Waals surface area (Å²) in [6.45, 7) is 4.70. The fourth-order valence-corrected chi connectivity index (χ4v) is 3.62. The molecule has 0 fully saturated rings. The third-order valence-electron chi connectivity index (χ3n) is 3.45. The molecule has 0 heterocycles. The summed E-state index contributed by atoms with van der Waals surface area (Å²) in [4.78, 5) is 10.0. The molecule has 2 aromatic rings. The predicted octanol–water partition coefficient (Wildman–Crippen LogP) is 3.56. The zero-order valence-corrected chi connectivity index (χ0v) is 14.0. The molecule has 0 aliphatic heterocycles. The molecule has 25 heavy (non-hydrogen) atoms. The van der Waals surface area contributed by atoms with Crippen LogP contribution in [0.4, 0.5) is 20.2 Å². The molecular weight excluding hydrogens is 354 g/mol. The van der Waals surface area contributed by atoms with Crippen LogP contribution in [0.3, 0.4) is 0 Å². The van der Waals surface area contributed by atoms with Gasteiger partial charge < -0.3 is 0 Å². The van der Waals surface area contributed by atoms with Gasteiger partial charge in [0.05, 0.1) is 22.1 Å². The standard InChI is InChI=1S/C16H14F2N2O4S/c1-3-8-19(12-5-7-14(17)15(18)9-12)25(23,24)13-6-4-11(2)16(10-13)20(21)22/h3-7,9-10H,1,8H2,2H3. The van der Waals surface area contributed by atoms with Crippen molar-refractivity contribution in [1.82, 2.24) is 0 Å². The van der Waals surface area contributed by atoms with Crippen molar-refractivity contribution in [3.63, 3.8) is 0 Å². The molecule has 0 aliphatic carbocycles. The first-order valence-electron chi connectivity index (χ1n) is 7.02. The van der Waals surface area contributed by atoms with Crippen LogP contribution in [0, 0.1) is 28.7 Å². The number of nitro benzene ring substituents is 1. The molecule has 0 amide bonds. The van der Waals surface area contributed by atoms with Crippen LogP contribution in [0.1, 0.15) is 5.56 Å². The first-order valence-corrected chi connectivity index (χ1v) is 8.46. The number of anilines is 1. The first-order chi connectivity index (χ1) is 11.7. The van der Waals surface area contributed by atoms with Gasteiger partial charge in [-0.3, -0.25) is 14.4 Å². The van der Waals surface area contributed by atoms with E-state index in [0.717, 1.165) is 28.6 Å². The highest BCUT2D eigenvalue weighted by molar-refractivity contribution is 7.92. The number of nitro groups is 1. The fourth-order valence-electron chi connectivity index (χ4n) is 2.17. The van der Waals surface area contributed by atoms with E-state index in [4.69, 9.17) is 0 Å². The maximum absolute atomic E-state index is 13.5. The van der Waals surface area contributed by atoms with Crippen molar-refractivity contribution in [1.29, 1.82) is 0 Å². The van der Waals surface area contributed by atoms with Gasteiger partial charge in [0.15, 0.2) is 11.6 Å². The third-order valence-corrected chi connectivity index (χ3v) is 5.24. The molecule has 6 nitrogen and oxygen atoms in total. The van der Waals surface area contributed by atoms with Gasteiger partial charge in [0.2, 0.25) is 0 Å². The van der Waals surface area contributed by atoms with Gasteiger partial charge in [-0.25, -0.2) is 17.2 Å². The Balaban J connectivity index is 2.60. The minimum atomic E-state index is -4.25. The zero-order chi connectivity index (χ0) is 18.8. The summed E-state index contributed by atoms with van der Waals surface area (Å²) in [6.07, 6.45) is 1.27. The van der Waals surface area contributed by atoms with Gasteiger partial charge >= 0.3 is 0 Å². The second kappa shape index (κ2) is 6.98. The van der Waals surface area contributed by atoms with Crippen LogP contribution in [0.25, 0.3) is 0 Å². The number of rotatable bonds is 6. The third kappa shape index (κ3) is 3.66. The van der Waals surface area contributed by atoms with Gasteiger partial charge in [0, 0.05) is 17.7 Å². The molecule has 0 saturated heterocycles. The number of nitrogens with zero attached hydrogens (tertiary/aromatic N) is 2. The van der Waals surface area contributed by atoms with E-state index in [1.807, 2.05) is 0 Å². The van der Waals surface area contributed by atoms with Gasteiger partial charge in [-0.05, 0) is 25.1 Å². The van der Waals surface area contributed by atoms with Crippen molar-refractivity contribution in [2.75, 3.05) is 10.8 Å². The lowest BCUT2D eigenvalue weighted by molar-refractivity contribution is -0.385. The summed E-state index contributed by atoms with van der Waals surface area (Å²) in [7, 11) is -4.25. The normalized spacial score (nSPS) is 11.2. The minimum absolute atomic E-state index is 0.123. The van der Waals surface area contributed by atoms with Crippen LogP contribution in [0.2, 0.25) is 0 Å². The van der Waals surface area contributed by atoms with E-state index in [1.165, 1.54) is 25.1 Å². The molecule has 0 unspecified atom stereocenters. The highest BCUT2D eigenvalue weighted by Gasteiger charge is 2.27. The van der Waals surface area contributed by atoms with Crippen molar-refractivity contribution in [3.05, 3.63) is 76.4 Å². The summed E-state index contributed by atoms with van der Waals surface area (Å²) in [5, 5.41) is 11.0.